The number of rotatable bonds is 5. The molecule has 0 aliphatic carbocycles. The topological polar surface area (TPSA) is 81.3 Å². The molecule has 1 aromatic heterocycles. The van der Waals surface area contributed by atoms with Gasteiger partial charge in [0.15, 0.2) is 11.5 Å². The maximum absolute atomic E-state index is 12.4. The molecule has 2 N–H and O–H groups in total. The average molecular weight is 312 g/mol. The molecule has 6 heteroatoms. The molecule has 1 aliphatic rings. The van der Waals surface area contributed by atoms with Crippen LogP contribution in [0.25, 0.3) is 0 Å². The van der Waals surface area contributed by atoms with E-state index in [9.17, 15) is 4.79 Å². The SMILES string of the molecule is Nc1nccnc1C(=O)N1CC[C@@H](COCc2ccccc2)C1. The van der Waals surface area contributed by atoms with Crippen molar-refractivity contribution in [2.24, 2.45) is 5.92 Å². The molecule has 1 aromatic carbocycles. The zero-order valence-electron chi connectivity index (χ0n) is 12.9. The summed E-state index contributed by atoms with van der Waals surface area (Å²) in [5.41, 5.74) is 7.12. The summed E-state index contributed by atoms with van der Waals surface area (Å²) in [5.74, 6) is 0.378. The Labute approximate surface area is 135 Å². The van der Waals surface area contributed by atoms with Gasteiger partial charge in [0.05, 0.1) is 13.2 Å². The zero-order valence-corrected chi connectivity index (χ0v) is 12.9. The lowest BCUT2D eigenvalue weighted by Crippen LogP contribution is -2.30. The molecule has 0 bridgehead atoms. The monoisotopic (exact) mass is 312 g/mol. The lowest BCUT2D eigenvalue weighted by Gasteiger charge is -2.16. The molecule has 1 amide bonds. The van der Waals surface area contributed by atoms with E-state index >= 15 is 0 Å². The molecule has 23 heavy (non-hydrogen) atoms. The van der Waals surface area contributed by atoms with E-state index in [0.717, 1.165) is 12.0 Å². The van der Waals surface area contributed by atoms with Gasteiger partial charge in [0, 0.05) is 31.4 Å². The Bertz CT molecular complexity index is 663. The first-order valence-corrected chi connectivity index (χ1v) is 7.71. The summed E-state index contributed by atoms with van der Waals surface area (Å²) in [7, 11) is 0. The highest BCUT2D eigenvalue weighted by Gasteiger charge is 2.28. The number of amides is 1. The lowest BCUT2D eigenvalue weighted by atomic mass is 10.1. The summed E-state index contributed by atoms with van der Waals surface area (Å²) >= 11 is 0. The number of nitrogen functional groups attached to an aromatic ring is 1. The van der Waals surface area contributed by atoms with E-state index in [-0.39, 0.29) is 17.4 Å². The van der Waals surface area contributed by atoms with Crippen molar-refractivity contribution in [1.82, 2.24) is 14.9 Å². The van der Waals surface area contributed by atoms with Crippen LogP contribution in [0.3, 0.4) is 0 Å². The Morgan fingerprint density at radius 3 is 2.83 bits per heavy atom. The standard InChI is InChI=1S/C17H20N4O2/c18-16-15(19-7-8-20-16)17(22)21-9-6-14(10-21)12-23-11-13-4-2-1-3-5-13/h1-5,7-8,14H,6,9-12H2,(H2,18,20)/t14-/m1/s1. The normalized spacial score (nSPS) is 17.4. The van der Waals surface area contributed by atoms with Gasteiger partial charge in [-0.2, -0.15) is 0 Å². The fraction of sp³-hybridized carbons (Fsp3) is 0.353. The number of nitrogens with zero attached hydrogens (tertiary/aromatic N) is 3. The van der Waals surface area contributed by atoms with E-state index < -0.39 is 0 Å². The number of likely N-dealkylation sites (tertiary alicyclic amines) is 1. The van der Waals surface area contributed by atoms with E-state index in [0.29, 0.717) is 32.2 Å². The van der Waals surface area contributed by atoms with Crippen LogP contribution >= 0.6 is 0 Å². The molecule has 1 fully saturated rings. The van der Waals surface area contributed by atoms with Gasteiger partial charge in [0.1, 0.15) is 0 Å². The number of ether oxygens (including phenoxy) is 1. The predicted molar refractivity (Wildman–Crippen MR) is 86.6 cm³/mol. The quantitative estimate of drug-likeness (QED) is 0.909. The van der Waals surface area contributed by atoms with Gasteiger partial charge >= 0.3 is 0 Å². The molecule has 3 rings (SSSR count). The summed E-state index contributed by atoms with van der Waals surface area (Å²) in [5, 5.41) is 0. The summed E-state index contributed by atoms with van der Waals surface area (Å²) in [6.45, 7) is 2.62. The molecule has 1 atom stereocenters. The minimum atomic E-state index is -0.152. The summed E-state index contributed by atoms with van der Waals surface area (Å²) in [6, 6.07) is 10.1. The molecule has 0 saturated carbocycles. The summed E-state index contributed by atoms with van der Waals surface area (Å²) in [4.78, 5) is 22.1. The first-order valence-electron chi connectivity index (χ1n) is 7.71. The first kappa shape index (κ1) is 15.4. The molecular weight excluding hydrogens is 292 g/mol. The Kier molecular flexibility index (Phi) is 4.83. The van der Waals surface area contributed by atoms with E-state index in [1.807, 2.05) is 30.3 Å². The van der Waals surface area contributed by atoms with Crippen LogP contribution in [0.1, 0.15) is 22.5 Å². The van der Waals surface area contributed by atoms with Crippen LogP contribution in [0, 0.1) is 5.92 Å². The van der Waals surface area contributed by atoms with Crippen LogP contribution in [-0.2, 0) is 11.3 Å². The van der Waals surface area contributed by atoms with Gasteiger partial charge in [-0.15, -0.1) is 0 Å². The van der Waals surface area contributed by atoms with Crippen molar-refractivity contribution in [1.29, 1.82) is 0 Å². The van der Waals surface area contributed by atoms with Crippen molar-refractivity contribution in [3.8, 4) is 0 Å². The van der Waals surface area contributed by atoms with E-state index in [1.165, 1.54) is 12.4 Å². The van der Waals surface area contributed by atoms with Crippen molar-refractivity contribution in [3.05, 3.63) is 54.0 Å². The van der Waals surface area contributed by atoms with Gasteiger partial charge in [0.2, 0.25) is 0 Å². The third kappa shape index (κ3) is 3.84. The highest BCUT2D eigenvalue weighted by Crippen LogP contribution is 2.20. The maximum atomic E-state index is 12.4. The second-order valence-electron chi connectivity index (χ2n) is 5.70. The Hall–Kier alpha value is -2.47. The minimum absolute atomic E-state index is 0.152. The number of carbonyl (C=O) groups is 1. The van der Waals surface area contributed by atoms with Crippen LogP contribution in [0.15, 0.2) is 42.7 Å². The Morgan fingerprint density at radius 1 is 1.26 bits per heavy atom. The molecule has 0 radical (unpaired) electrons. The van der Waals surface area contributed by atoms with Crippen LogP contribution < -0.4 is 5.73 Å². The maximum Gasteiger partial charge on any atom is 0.276 e. The third-order valence-corrected chi connectivity index (χ3v) is 3.97. The van der Waals surface area contributed by atoms with Gasteiger partial charge in [-0.1, -0.05) is 30.3 Å². The Morgan fingerprint density at radius 2 is 2.04 bits per heavy atom. The molecule has 0 unspecified atom stereocenters. The van der Waals surface area contributed by atoms with E-state index in [1.54, 1.807) is 4.90 Å². The largest absolute Gasteiger partial charge is 0.382 e. The van der Waals surface area contributed by atoms with Crippen molar-refractivity contribution in [2.75, 3.05) is 25.4 Å². The van der Waals surface area contributed by atoms with Gasteiger partial charge in [-0.3, -0.25) is 4.79 Å². The highest BCUT2D eigenvalue weighted by atomic mass is 16.5. The average Bonchev–Trinajstić information content (AvgIpc) is 3.05. The smallest absolute Gasteiger partial charge is 0.276 e. The van der Waals surface area contributed by atoms with Crippen LogP contribution in [-0.4, -0.2) is 40.5 Å². The van der Waals surface area contributed by atoms with Gasteiger partial charge in [0.25, 0.3) is 5.91 Å². The van der Waals surface area contributed by atoms with Crippen LogP contribution in [0.5, 0.6) is 0 Å². The molecule has 6 nitrogen and oxygen atoms in total. The minimum Gasteiger partial charge on any atom is -0.382 e. The number of hydrogen-bond donors (Lipinski definition) is 1. The van der Waals surface area contributed by atoms with Gasteiger partial charge in [-0.05, 0) is 12.0 Å². The first-order chi connectivity index (χ1) is 11.2. The lowest BCUT2D eigenvalue weighted by molar-refractivity contribution is 0.0729. The molecule has 2 aromatic rings. The Balaban J connectivity index is 1.49. The highest BCUT2D eigenvalue weighted by molar-refractivity contribution is 5.96. The zero-order chi connectivity index (χ0) is 16.1. The molecule has 120 valence electrons. The number of aromatic nitrogens is 2. The van der Waals surface area contributed by atoms with Crippen molar-refractivity contribution in [2.45, 2.75) is 13.0 Å². The van der Waals surface area contributed by atoms with Gasteiger partial charge < -0.3 is 15.4 Å². The molecule has 0 spiro atoms. The van der Waals surface area contributed by atoms with Crippen LogP contribution in [0.4, 0.5) is 5.82 Å². The van der Waals surface area contributed by atoms with E-state index in [4.69, 9.17) is 10.5 Å². The van der Waals surface area contributed by atoms with Crippen molar-refractivity contribution in [3.63, 3.8) is 0 Å². The third-order valence-electron chi connectivity index (χ3n) is 3.97. The number of anilines is 1. The number of nitrogens with two attached hydrogens (primary N) is 1. The van der Waals surface area contributed by atoms with Crippen molar-refractivity contribution < 1.29 is 9.53 Å². The molecule has 1 aliphatic heterocycles. The predicted octanol–water partition coefficient (Wildman–Crippen LogP) is 1.74. The molecular formula is C17H20N4O2. The molecule has 2 heterocycles. The van der Waals surface area contributed by atoms with E-state index in [2.05, 4.69) is 9.97 Å². The second kappa shape index (κ2) is 7.19. The van der Waals surface area contributed by atoms with Crippen molar-refractivity contribution >= 4 is 11.7 Å². The summed E-state index contributed by atoms with van der Waals surface area (Å²) < 4.78 is 5.77. The number of benzene rings is 1. The van der Waals surface area contributed by atoms with Crippen LogP contribution in [0.2, 0.25) is 0 Å². The number of hydrogen-bond acceptors (Lipinski definition) is 5. The number of carbonyl (C=O) groups excluding carboxylic acids is 1. The van der Waals surface area contributed by atoms with Gasteiger partial charge in [-0.25, -0.2) is 9.97 Å². The summed E-state index contributed by atoms with van der Waals surface area (Å²) in [6.07, 6.45) is 3.90. The second-order valence-corrected chi connectivity index (χ2v) is 5.70. The fourth-order valence-corrected chi connectivity index (χ4v) is 2.73. The molecule has 1 saturated heterocycles. The fourth-order valence-electron chi connectivity index (χ4n) is 2.73.